The van der Waals surface area contributed by atoms with Crippen LogP contribution in [0.25, 0.3) is 0 Å². The van der Waals surface area contributed by atoms with E-state index < -0.39 is 6.10 Å². The highest BCUT2D eigenvalue weighted by Crippen LogP contribution is 2.01. The van der Waals surface area contributed by atoms with Crippen LogP contribution in [0.1, 0.15) is 6.92 Å². The highest BCUT2D eigenvalue weighted by Gasteiger charge is 2.00. The number of aliphatic hydroxyl groups excluding tert-OH is 2. The second-order valence-electron chi connectivity index (χ2n) is 2.11. The molecule has 1 unspecified atom stereocenters. The summed E-state index contributed by atoms with van der Waals surface area (Å²) in [6.45, 7) is 3.26. The largest absolute Gasteiger partial charge is 0.394 e. The lowest BCUT2D eigenvalue weighted by Crippen LogP contribution is -2.15. The van der Waals surface area contributed by atoms with Gasteiger partial charge in [0.15, 0.2) is 0 Å². The second kappa shape index (κ2) is 8.33. The van der Waals surface area contributed by atoms with Crippen LogP contribution in [0.15, 0.2) is 0 Å². The second-order valence-corrected chi connectivity index (χ2v) is 3.26. The van der Waals surface area contributed by atoms with Crippen LogP contribution >= 0.6 is 11.8 Å². The lowest BCUT2D eigenvalue weighted by Gasteiger charge is -2.05. The molecule has 0 aromatic rings. The van der Waals surface area contributed by atoms with Crippen molar-refractivity contribution in [2.45, 2.75) is 13.0 Å². The number of hydrogen-bond acceptors (Lipinski definition) is 4. The average molecular weight is 180 g/mol. The summed E-state index contributed by atoms with van der Waals surface area (Å²) in [5.74, 6) is 1.47. The predicted octanol–water partition coefficient (Wildman–Crippen LogP) is 0.109. The van der Waals surface area contributed by atoms with Crippen LogP contribution in [-0.2, 0) is 4.74 Å². The third-order valence-electron chi connectivity index (χ3n) is 1.10. The van der Waals surface area contributed by atoms with Crippen LogP contribution in [0.5, 0.6) is 0 Å². The summed E-state index contributed by atoms with van der Waals surface area (Å²) in [6.07, 6.45) is -0.582. The van der Waals surface area contributed by atoms with Crippen LogP contribution in [0.3, 0.4) is 0 Å². The van der Waals surface area contributed by atoms with Crippen LogP contribution in [-0.4, -0.2) is 47.6 Å². The van der Waals surface area contributed by atoms with E-state index in [2.05, 4.69) is 0 Å². The minimum absolute atomic E-state index is 0.151. The Morgan fingerprint density at radius 2 is 2.27 bits per heavy atom. The van der Waals surface area contributed by atoms with Gasteiger partial charge in [-0.1, -0.05) is 0 Å². The van der Waals surface area contributed by atoms with Gasteiger partial charge in [-0.05, 0) is 6.92 Å². The molecule has 0 aliphatic rings. The molecule has 0 aliphatic carbocycles. The summed E-state index contributed by atoms with van der Waals surface area (Å²) in [6, 6.07) is 0. The molecule has 0 aromatic heterocycles. The van der Waals surface area contributed by atoms with E-state index in [1.54, 1.807) is 11.8 Å². The highest BCUT2D eigenvalue weighted by molar-refractivity contribution is 7.99. The number of thioether (sulfide) groups is 1. The summed E-state index contributed by atoms with van der Waals surface area (Å²) in [7, 11) is 0. The Bertz CT molecular complexity index is 80.1. The molecule has 4 heteroatoms. The lowest BCUT2D eigenvalue weighted by molar-refractivity contribution is 0.113. The Kier molecular flexibility index (Phi) is 8.50. The van der Waals surface area contributed by atoms with Gasteiger partial charge in [0.1, 0.15) is 0 Å². The molecule has 0 fully saturated rings. The topological polar surface area (TPSA) is 49.7 Å². The molecule has 0 saturated heterocycles. The lowest BCUT2D eigenvalue weighted by atomic mass is 10.4. The molecule has 11 heavy (non-hydrogen) atoms. The summed E-state index contributed by atoms with van der Waals surface area (Å²) < 4.78 is 5.08. The predicted molar refractivity (Wildman–Crippen MR) is 46.9 cm³/mol. The number of rotatable bonds is 7. The molecule has 0 radical (unpaired) electrons. The Morgan fingerprint density at radius 3 is 2.82 bits per heavy atom. The Morgan fingerprint density at radius 1 is 1.55 bits per heavy atom. The van der Waals surface area contributed by atoms with Crippen molar-refractivity contribution in [1.29, 1.82) is 0 Å². The van der Waals surface area contributed by atoms with Crippen molar-refractivity contribution in [3.8, 4) is 0 Å². The van der Waals surface area contributed by atoms with E-state index >= 15 is 0 Å². The van der Waals surface area contributed by atoms with E-state index in [4.69, 9.17) is 14.9 Å². The Hall–Kier alpha value is 0.230. The van der Waals surface area contributed by atoms with Crippen molar-refractivity contribution >= 4 is 11.8 Å². The number of hydrogen-bond donors (Lipinski definition) is 2. The molecule has 0 bridgehead atoms. The maximum absolute atomic E-state index is 8.90. The molecule has 68 valence electrons. The van der Waals surface area contributed by atoms with Crippen molar-refractivity contribution in [3.05, 3.63) is 0 Å². The SMILES string of the molecule is CCOCCSCC(O)CO. The average Bonchev–Trinajstić information content (AvgIpc) is 2.04. The molecule has 0 aromatic carbocycles. The fourth-order valence-corrected chi connectivity index (χ4v) is 1.31. The highest BCUT2D eigenvalue weighted by atomic mass is 32.2. The van der Waals surface area contributed by atoms with Gasteiger partial charge in [-0.15, -0.1) is 0 Å². The smallest absolute Gasteiger partial charge is 0.0861 e. The molecule has 0 aliphatic heterocycles. The molecule has 0 amide bonds. The summed E-state index contributed by atoms with van der Waals surface area (Å²) in [5, 5.41) is 17.3. The first-order chi connectivity index (χ1) is 5.31. The zero-order chi connectivity index (χ0) is 8.53. The number of ether oxygens (including phenoxy) is 1. The van der Waals surface area contributed by atoms with E-state index in [0.717, 1.165) is 19.0 Å². The third-order valence-corrected chi connectivity index (χ3v) is 2.17. The van der Waals surface area contributed by atoms with Gasteiger partial charge in [-0.3, -0.25) is 0 Å². The van der Waals surface area contributed by atoms with Crippen LogP contribution in [0, 0.1) is 0 Å². The fourth-order valence-electron chi connectivity index (χ4n) is 0.534. The molecule has 3 nitrogen and oxygen atoms in total. The molecule has 0 saturated carbocycles. The van der Waals surface area contributed by atoms with Crippen molar-refractivity contribution < 1.29 is 14.9 Å². The van der Waals surface area contributed by atoms with Crippen molar-refractivity contribution in [1.82, 2.24) is 0 Å². The van der Waals surface area contributed by atoms with E-state index in [1.165, 1.54) is 0 Å². The zero-order valence-corrected chi connectivity index (χ0v) is 7.64. The van der Waals surface area contributed by atoms with Crippen LogP contribution in [0.2, 0.25) is 0 Å². The third kappa shape index (κ3) is 8.13. The van der Waals surface area contributed by atoms with Crippen molar-refractivity contribution in [2.24, 2.45) is 0 Å². The molecule has 0 rings (SSSR count). The van der Waals surface area contributed by atoms with Gasteiger partial charge < -0.3 is 14.9 Å². The normalized spacial score (nSPS) is 13.4. The van der Waals surface area contributed by atoms with E-state index in [0.29, 0.717) is 5.75 Å². The van der Waals surface area contributed by atoms with E-state index in [1.807, 2.05) is 6.92 Å². The van der Waals surface area contributed by atoms with Gasteiger partial charge in [-0.2, -0.15) is 11.8 Å². The zero-order valence-electron chi connectivity index (χ0n) is 6.82. The first-order valence-corrected chi connectivity index (χ1v) is 4.91. The van der Waals surface area contributed by atoms with Crippen molar-refractivity contribution in [2.75, 3.05) is 31.3 Å². The maximum atomic E-state index is 8.90. The van der Waals surface area contributed by atoms with Crippen LogP contribution < -0.4 is 0 Å². The van der Waals surface area contributed by atoms with E-state index in [9.17, 15) is 0 Å². The van der Waals surface area contributed by atoms with Crippen LogP contribution in [0.4, 0.5) is 0 Å². The maximum Gasteiger partial charge on any atom is 0.0861 e. The molecular formula is C7H16O3S. The molecular weight excluding hydrogens is 164 g/mol. The van der Waals surface area contributed by atoms with Gasteiger partial charge in [0.05, 0.1) is 19.3 Å². The van der Waals surface area contributed by atoms with Gasteiger partial charge in [0, 0.05) is 18.1 Å². The first kappa shape index (κ1) is 11.2. The van der Waals surface area contributed by atoms with Crippen molar-refractivity contribution in [3.63, 3.8) is 0 Å². The minimum Gasteiger partial charge on any atom is -0.394 e. The fraction of sp³-hybridized carbons (Fsp3) is 1.00. The summed E-state index contributed by atoms with van der Waals surface area (Å²) in [5.41, 5.74) is 0. The molecule has 2 N–H and O–H groups in total. The Balaban J connectivity index is 2.89. The van der Waals surface area contributed by atoms with Gasteiger partial charge in [0.2, 0.25) is 0 Å². The van der Waals surface area contributed by atoms with Gasteiger partial charge in [0.25, 0.3) is 0 Å². The summed E-state index contributed by atoms with van der Waals surface area (Å²) in [4.78, 5) is 0. The molecule has 0 heterocycles. The summed E-state index contributed by atoms with van der Waals surface area (Å²) >= 11 is 1.59. The monoisotopic (exact) mass is 180 g/mol. The number of aliphatic hydroxyl groups is 2. The quantitative estimate of drug-likeness (QED) is 0.546. The Labute approximate surface area is 71.8 Å². The first-order valence-electron chi connectivity index (χ1n) is 3.75. The minimum atomic E-state index is -0.582. The van der Waals surface area contributed by atoms with Gasteiger partial charge >= 0.3 is 0 Å². The molecule has 1 atom stereocenters. The van der Waals surface area contributed by atoms with Gasteiger partial charge in [-0.25, -0.2) is 0 Å². The van der Waals surface area contributed by atoms with E-state index in [-0.39, 0.29) is 6.61 Å². The molecule has 0 spiro atoms. The standard InChI is InChI=1S/C7H16O3S/c1-2-10-3-4-11-6-7(9)5-8/h7-9H,2-6H2,1H3.